The normalized spacial score (nSPS) is 18.8. The van der Waals surface area contributed by atoms with E-state index < -0.39 is 10.0 Å². The Morgan fingerprint density at radius 2 is 2.00 bits per heavy atom. The third-order valence-corrected chi connectivity index (χ3v) is 4.10. The number of hydrogen-bond donors (Lipinski definition) is 2. The van der Waals surface area contributed by atoms with Crippen LogP contribution in [0.3, 0.4) is 0 Å². The standard InChI is InChI=1S/C10H22N2O3S/c1-2-11-6-3-9-16(13,14)12-10-4-7-15-8-5-10/h10-12H,2-9H2,1H3. The number of ether oxygens (including phenoxy) is 1. The molecule has 16 heavy (non-hydrogen) atoms. The van der Waals surface area contributed by atoms with Crippen LogP contribution >= 0.6 is 0 Å². The first kappa shape index (κ1) is 13.9. The molecule has 0 atom stereocenters. The van der Waals surface area contributed by atoms with Crippen molar-refractivity contribution in [2.75, 3.05) is 32.1 Å². The Kier molecular flexibility index (Phi) is 6.26. The molecule has 0 aromatic rings. The predicted octanol–water partition coefficient (Wildman–Crippen LogP) is 0.0844. The molecule has 5 nitrogen and oxygen atoms in total. The van der Waals surface area contributed by atoms with Gasteiger partial charge in [-0.05, 0) is 32.4 Å². The molecule has 1 aliphatic rings. The van der Waals surface area contributed by atoms with Gasteiger partial charge < -0.3 is 10.1 Å². The molecular weight excluding hydrogens is 228 g/mol. The van der Waals surface area contributed by atoms with Crippen LogP contribution in [0.1, 0.15) is 26.2 Å². The van der Waals surface area contributed by atoms with Crippen molar-refractivity contribution in [2.24, 2.45) is 0 Å². The number of sulfonamides is 1. The molecule has 96 valence electrons. The van der Waals surface area contributed by atoms with E-state index in [0.717, 1.165) is 25.9 Å². The van der Waals surface area contributed by atoms with Crippen LogP contribution < -0.4 is 10.0 Å². The zero-order chi connectivity index (χ0) is 11.9. The topological polar surface area (TPSA) is 67.4 Å². The van der Waals surface area contributed by atoms with E-state index in [4.69, 9.17) is 4.74 Å². The van der Waals surface area contributed by atoms with E-state index in [2.05, 4.69) is 10.0 Å². The lowest BCUT2D eigenvalue weighted by atomic mass is 10.1. The summed E-state index contributed by atoms with van der Waals surface area (Å²) < 4.78 is 31.3. The molecule has 1 rings (SSSR count). The third kappa shape index (κ3) is 5.79. The van der Waals surface area contributed by atoms with Gasteiger partial charge in [0, 0.05) is 19.3 Å². The van der Waals surface area contributed by atoms with Crippen LogP contribution in [0, 0.1) is 0 Å². The van der Waals surface area contributed by atoms with Gasteiger partial charge in [0.1, 0.15) is 0 Å². The maximum absolute atomic E-state index is 11.7. The molecule has 0 aromatic heterocycles. The summed E-state index contributed by atoms with van der Waals surface area (Å²) in [4.78, 5) is 0. The van der Waals surface area contributed by atoms with Crippen molar-refractivity contribution in [3.8, 4) is 0 Å². The van der Waals surface area contributed by atoms with Crippen molar-refractivity contribution < 1.29 is 13.2 Å². The van der Waals surface area contributed by atoms with Crippen LogP contribution in [0.2, 0.25) is 0 Å². The molecule has 0 unspecified atom stereocenters. The molecule has 1 saturated heterocycles. The molecule has 2 N–H and O–H groups in total. The van der Waals surface area contributed by atoms with Crippen LogP contribution in [0.4, 0.5) is 0 Å². The van der Waals surface area contributed by atoms with Gasteiger partial charge >= 0.3 is 0 Å². The van der Waals surface area contributed by atoms with Gasteiger partial charge in [-0.2, -0.15) is 0 Å². The van der Waals surface area contributed by atoms with Gasteiger partial charge in [0.2, 0.25) is 10.0 Å². The van der Waals surface area contributed by atoms with Crippen molar-refractivity contribution in [2.45, 2.75) is 32.2 Å². The molecule has 0 aliphatic carbocycles. The zero-order valence-corrected chi connectivity index (χ0v) is 10.7. The van der Waals surface area contributed by atoms with E-state index >= 15 is 0 Å². The maximum Gasteiger partial charge on any atom is 0.211 e. The highest BCUT2D eigenvalue weighted by Crippen LogP contribution is 2.07. The van der Waals surface area contributed by atoms with Gasteiger partial charge in [-0.3, -0.25) is 0 Å². The fourth-order valence-corrected chi connectivity index (χ4v) is 3.08. The first-order chi connectivity index (χ1) is 7.64. The fraction of sp³-hybridized carbons (Fsp3) is 1.00. The minimum Gasteiger partial charge on any atom is -0.381 e. The number of rotatable bonds is 7. The summed E-state index contributed by atoms with van der Waals surface area (Å²) in [6.07, 6.45) is 2.23. The van der Waals surface area contributed by atoms with Gasteiger partial charge in [-0.15, -0.1) is 0 Å². The first-order valence-electron chi connectivity index (χ1n) is 5.92. The SMILES string of the molecule is CCNCCCS(=O)(=O)NC1CCOCC1. The Labute approximate surface area is 98.0 Å². The second-order valence-corrected chi connectivity index (χ2v) is 5.90. The smallest absolute Gasteiger partial charge is 0.211 e. The highest BCUT2D eigenvalue weighted by Gasteiger charge is 2.19. The van der Waals surface area contributed by atoms with Crippen LogP contribution in [0.25, 0.3) is 0 Å². The van der Waals surface area contributed by atoms with Crippen molar-refractivity contribution in [3.05, 3.63) is 0 Å². The molecule has 0 amide bonds. The van der Waals surface area contributed by atoms with Gasteiger partial charge in [0.25, 0.3) is 0 Å². The average molecular weight is 250 g/mol. The Bertz CT molecular complexity index is 274. The molecule has 6 heteroatoms. The molecule has 1 fully saturated rings. The van der Waals surface area contributed by atoms with Crippen LogP contribution in [0.5, 0.6) is 0 Å². The van der Waals surface area contributed by atoms with Gasteiger partial charge in [0.05, 0.1) is 5.75 Å². The van der Waals surface area contributed by atoms with Crippen LogP contribution in [-0.2, 0) is 14.8 Å². The lowest BCUT2D eigenvalue weighted by Gasteiger charge is -2.22. The summed E-state index contributed by atoms with van der Waals surface area (Å²) in [6, 6.07) is 0.0675. The fourth-order valence-electron chi connectivity index (χ4n) is 1.69. The van der Waals surface area contributed by atoms with Crippen LogP contribution in [0.15, 0.2) is 0 Å². The molecule has 0 spiro atoms. The number of nitrogens with one attached hydrogen (secondary N) is 2. The Morgan fingerprint density at radius 1 is 1.31 bits per heavy atom. The molecular formula is C10H22N2O3S. The molecule has 0 saturated carbocycles. The summed E-state index contributed by atoms with van der Waals surface area (Å²) in [6.45, 7) is 4.96. The second-order valence-electron chi connectivity index (χ2n) is 4.03. The summed E-state index contributed by atoms with van der Waals surface area (Å²) in [5.74, 6) is 0.206. The Balaban J connectivity index is 2.22. The zero-order valence-electron chi connectivity index (χ0n) is 9.87. The highest BCUT2D eigenvalue weighted by molar-refractivity contribution is 7.89. The third-order valence-electron chi connectivity index (χ3n) is 2.58. The van der Waals surface area contributed by atoms with Gasteiger partial charge in [0.15, 0.2) is 0 Å². The Hall–Kier alpha value is -0.170. The van der Waals surface area contributed by atoms with E-state index in [1.807, 2.05) is 6.92 Å². The minimum absolute atomic E-state index is 0.0675. The van der Waals surface area contributed by atoms with Crippen LogP contribution in [-0.4, -0.2) is 46.5 Å². The summed E-state index contributed by atoms with van der Waals surface area (Å²) in [7, 11) is -3.11. The summed E-state index contributed by atoms with van der Waals surface area (Å²) in [5.41, 5.74) is 0. The van der Waals surface area contributed by atoms with Crippen molar-refractivity contribution in [1.29, 1.82) is 0 Å². The molecule has 0 radical (unpaired) electrons. The largest absolute Gasteiger partial charge is 0.381 e. The van der Waals surface area contributed by atoms with E-state index in [1.165, 1.54) is 0 Å². The second kappa shape index (κ2) is 7.21. The minimum atomic E-state index is -3.11. The monoisotopic (exact) mass is 250 g/mol. The summed E-state index contributed by atoms with van der Waals surface area (Å²) >= 11 is 0. The highest BCUT2D eigenvalue weighted by atomic mass is 32.2. The van der Waals surface area contributed by atoms with E-state index in [-0.39, 0.29) is 11.8 Å². The van der Waals surface area contributed by atoms with Crippen molar-refractivity contribution in [3.63, 3.8) is 0 Å². The van der Waals surface area contributed by atoms with Crippen molar-refractivity contribution >= 4 is 10.0 Å². The lowest BCUT2D eigenvalue weighted by molar-refractivity contribution is 0.0832. The van der Waals surface area contributed by atoms with E-state index in [1.54, 1.807) is 0 Å². The number of hydrogen-bond acceptors (Lipinski definition) is 4. The van der Waals surface area contributed by atoms with Gasteiger partial charge in [-0.1, -0.05) is 6.92 Å². The quantitative estimate of drug-likeness (QED) is 0.628. The average Bonchev–Trinajstić information content (AvgIpc) is 2.25. The lowest BCUT2D eigenvalue weighted by Crippen LogP contribution is -2.40. The molecule has 0 aromatic carbocycles. The van der Waals surface area contributed by atoms with E-state index in [0.29, 0.717) is 19.6 Å². The summed E-state index contributed by atoms with van der Waals surface area (Å²) in [5, 5.41) is 3.11. The first-order valence-corrected chi connectivity index (χ1v) is 7.58. The molecule has 1 heterocycles. The van der Waals surface area contributed by atoms with E-state index in [9.17, 15) is 8.42 Å². The molecule has 0 bridgehead atoms. The predicted molar refractivity (Wildman–Crippen MR) is 63.9 cm³/mol. The Morgan fingerprint density at radius 3 is 2.62 bits per heavy atom. The molecule has 1 aliphatic heterocycles. The maximum atomic E-state index is 11.7. The van der Waals surface area contributed by atoms with Gasteiger partial charge in [-0.25, -0.2) is 13.1 Å². The van der Waals surface area contributed by atoms with Crippen molar-refractivity contribution in [1.82, 2.24) is 10.0 Å².